The zero-order chi connectivity index (χ0) is 25.7. The number of halogens is 1. The van der Waals surface area contributed by atoms with E-state index in [4.69, 9.17) is 20.9 Å². The molecule has 186 valence electrons. The summed E-state index contributed by atoms with van der Waals surface area (Å²) in [6.07, 6.45) is 0.234. The van der Waals surface area contributed by atoms with Crippen LogP contribution in [0.4, 0.5) is 5.69 Å². The Bertz CT molecular complexity index is 1350. The van der Waals surface area contributed by atoms with E-state index in [-0.39, 0.29) is 12.3 Å². The molecule has 1 aromatic heterocycles. The second kappa shape index (κ2) is 11.4. The van der Waals surface area contributed by atoms with E-state index in [9.17, 15) is 4.79 Å². The first-order chi connectivity index (χ1) is 17.3. The molecule has 8 heteroatoms. The maximum absolute atomic E-state index is 12.7. The van der Waals surface area contributed by atoms with Crippen molar-refractivity contribution in [2.45, 2.75) is 20.3 Å². The van der Waals surface area contributed by atoms with E-state index in [1.807, 2.05) is 61.5 Å². The SMILES string of the molecule is Cc1nc(-c2ccc(-c3ccc(CC(=O)Nc4cc(OCCN(C)C)ccc4Cl)cc3)c(C)c2)no1. The van der Waals surface area contributed by atoms with Gasteiger partial charge in [-0.1, -0.05) is 53.2 Å². The number of anilines is 1. The first-order valence-corrected chi connectivity index (χ1v) is 12.0. The predicted molar refractivity (Wildman–Crippen MR) is 142 cm³/mol. The number of hydrogen-bond donors (Lipinski definition) is 1. The summed E-state index contributed by atoms with van der Waals surface area (Å²) in [6, 6.07) is 19.3. The van der Waals surface area contributed by atoms with Crippen molar-refractivity contribution in [2.75, 3.05) is 32.6 Å². The van der Waals surface area contributed by atoms with Crippen LogP contribution >= 0.6 is 11.6 Å². The fourth-order valence-electron chi connectivity index (χ4n) is 3.76. The summed E-state index contributed by atoms with van der Waals surface area (Å²) in [4.78, 5) is 19.0. The van der Waals surface area contributed by atoms with E-state index >= 15 is 0 Å². The fourth-order valence-corrected chi connectivity index (χ4v) is 3.93. The Balaban J connectivity index is 1.39. The number of hydrogen-bond acceptors (Lipinski definition) is 6. The van der Waals surface area contributed by atoms with Crippen molar-refractivity contribution < 1.29 is 14.1 Å². The number of amides is 1. The monoisotopic (exact) mass is 504 g/mol. The molecular formula is C28H29ClN4O3. The van der Waals surface area contributed by atoms with Gasteiger partial charge in [0.15, 0.2) is 0 Å². The molecule has 1 N–H and O–H groups in total. The molecule has 0 unspecified atom stereocenters. The molecule has 36 heavy (non-hydrogen) atoms. The Kier molecular flexibility index (Phi) is 8.03. The van der Waals surface area contributed by atoms with Crippen molar-refractivity contribution >= 4 is 23.2 Å². The third-order valence-corrected chi connectivity index (χ3v) is 5.99. The Morgan fingerprint density at radius 3 is 2.44 bits per heavy atom. The lowest BCUT2D eigenvalue weighted by atomic mass is 9.97. The number of nitrogens with one attached hydrogen (secondary N) is 1. The van der Waals surface area contributed by atoms with Crippen LogP contribution in [0.25, 0.3) is 22.5 Å². The van der Waals surface area contributed by atoms with Crippen LogP contribution < -0.4 is 10.1 Å². The van der Waals surface area contributed by atoms with Crippen LogP contribution in [0.15, 0.2) is 65.2 Å². The van der Waals surface area contributed by atoms with Gasteiger partial charge in [-0.15, -0.1) is 0 Å². The molecule has 0 aliphatic rings. The summed E-state index contributed by atoms with van der Waals surface area (Å²) >= 11 is 6.29. The van der Waals surface area contributed by atoms with Gasteiger partial charge in [0.2, 0.25) is 17.6 Å². The van der Waals surface area contributed by atoms with Crippen LogP contribution in [0.5, 0.6) is 5.75 Å². The zero-order valence-electron chi connectivity index (χ0n) is 20.8. The van der Waals surface area contributed by atoms with Crippen LogP contribution in [-0.2, 0) is 11.2 Å². The molecule has 0 aliphatic carbocycles. The smallest absolute Gasteiger partial charge is 0.228 e. The molecule has 4 rings (SSSR count). The van der Waals surface area contributed by atoms with Gasteiger partial charge in [-0.05, 0) is 61.5 Å². The van der Waals surface area contributed by atoms with Crippen LogP contribution in [-0.4, -0.2) is 48.2 Å². The molecule has 4 aromatic rings. The number of likely N-dealkylation sites (N-methyl/N-ethyl adjacent to an activating group) is 1. The molecule has 0 saturated heterocycles. The van der Waals surface area contributed by atoms with E-state index < -0.39 is 0 Å². The summed E-state index contributed by atoms with van der Waals surface area (Å²) in [5.41, 5.74) is 5.62. The van der Waals surface area contributed by atoms with Crippen molar-refractivity contribution in [3.05, 3.63) is 82.7 Å². The van der Waals surface area contributed by atoms with Gasteiger partial charge in [-0.3, -0.25) is 4.79 Å². The maximum atomic E-state index is 12.7. The van der Waals surface area contributed by atoms with Gasteiger partial charge in [-0.2, -0.15) is 4.98 Å². The van der Waals surface area contributed by atoms with Crippen LogP contribution in [0, 0.1) is 13.8 Å². The van der Waals surface area contributed by atoms with Gasteiger partial charge < -0.3 is 19.5 Å². The van der Waals surface area contributed by atoms with E-state index in [1.54, 1.807) is 25.1 Å². The van der Waals surface area contributed by atoms with Gasteiger partial charge in [0.25, 0.3) is 0 Å². The van der Waals surface area contributed by atoms with Crippen LogP contribution in [0.1, 0.15) is 17.0 Å². The second-order valence-corrected chi connectivity index (χ2v) is 9.29. The number of aromatic nitrogens is 2. The van der Waals surface area contributed by atoms with Gasteiger partial charge >= 0.3 is 0 Å². The lowest BCUT2D eigenvalue weighted by molar-refractivity contribution is -0.115. The highest BCUT2D eigenvalue weighted by atomic mass is 35.5. The Labute approximate surface area is 216 Å². The third-order valence-electron chi connectivity index (χ3n) is 5.66. The van der Waals surface area contributed by atoms with Gasteiger partial charge in [0.05, 0.1) is 17.1 Å². The van der Waals surface area contributed by atoms with E-state index in [0.29, 0.717) is 34.8 Å². The molecule has 0 aliphatic heterocycles. The van der Waals surface area contributed by atoms with Crippen LogP contribution in [0.3, 0.4) is 0 Å². The highest BCUT2D eigenvalue weighted by molar-refractivity contribution is 6.33. The largest absolute Gasteiger partial charge is 0.492 e. The Hall–Kier alpha value is -3.68. The van der Waals surface area contributed by atoms with Crippen molar-refractivity contribution in [1.29, 1.82) is 0 Å². The lowest BCUT2D eigenvalue weighted by Crippen LogP contribution is -2.19. The maximum Gasteiger partial charge on any atom is 0.228 e. The predicted octanol–water partition coefficient (Wildman–Crippen LogP) is 5.80. The van der Waals surface area contributed by atoms with Crippen LogP contribution in [0.2, 0.25) is 5.02 Å². The van der Waals surface area contributed by atoms with Crippen molar-refractivity contribution in [3.8, 4) is 28.3 Å². The highest BCUT2D eigenvalue weighted by Gasteiger charge is 2.11. The standard InChI is InChI=1S/C28H29ClN4O3/c1-18-15-22(28-30-19(2)36-32-28)9-11-24(18)21-7-5-20(6-8-21)16-27(34)31-26-17-23(10-12-25(26)29)35-14-13-33(3)4/h5-12,15,17H,13-14,16H2,1-4H3,(H,31,34). The van der Waals surface area contributed by atoms with E-state index in [1.165, 1.54) is 0 Å². The minimum Gasteiger partial charge on any atom is -0.492 e. The molecule has 1 heterocycles. The summed E-state index contributed by atoms with van der Waals surface area (Å²) in [7, 11) is 3.97. The molecular weight excluding hydrogens is 476 g/mol. The van der Waals surface area contributed by atoms with Gasteiger partial charge in [0, 0.05) is 25.1 Å². The number of rotatable bonds is 9. The molecule has 0 saturated carbocycles. The quantitative estimate of drug-likeness (QED) is 0.310. The van der Waals surface area contributed by atoms with E-state index in [2.05, 4.69) is 22.4 Å². The minimum atomic E-state index is -0.147. The molecule has 1 amide bonds. The molecule has 0 fully saturated rings. The molecule has 7 nitrogen and oxygen atoms in total. The minimum absolute atomic E-state index is 0.147. The van der Waals surface area contributed by atoms with Crippen molar-refractivity contribution in [3.63, 3.8) is 0 Å². The first kappa shape index (κ1) is 25.4. The third kappa shape index (κ3) is 6.50. The molecule has 3 aromatic carbocycles. The Morgan fingerprint density at radius 2 is 1.78 bits per heavy atom. The summed E-state index contributed by atoms with van der Waals surface area (Å²) in [6.45, 7) is 5.16. The number of aryl methyl sites for hydroxylation is 2. The summed E-state index contributed by atoms with van der Waals surface area (Å²) < 4.78 is 10.8. The second-order valence-electron chi connectivity index (χ2n) is 8.88. The number of ether oxygens (including phenoxy) is 1. The van der Waals surface area contributed by atoms with Crippen molar-refractivity contribution in [2.24, 2.45) is 0 Å². The average Bonchev–Trinajstić information content (AvgIpc) is 3.28. The summed E-state index contributed by atoms with van der Waals surface area (Å²) in [5, 5.41) is 7.35. The number of nitrogens with zero attached hydrogens (tertiary/aromatic N) is 3. The number of benzene rings is 3. The van der Waals surface area contributed by atoms with E-state index in [0.717, 1.165) is 34.4 Å². The van der Waals surface area contributed by atoms with Gasteiger partial charge in [-0.25, -0.2) is 0 Å². The molecule has 0 atom stereocenters. The lowest BCUT2D eigenvalue weighted by Gasteiger charge is -2.13. The average molecular weight is 505 g/mol. The fraction of sp³-hybridized carbons (Fsp3) is 0.250. The molecule has 0 spiro atoms. The first-order valence-electron chi connectivity index (χ1n) is 11.7. The Morgan fingerprint density at radius 1 is 1.03 bits per heavy atom. The van der Waals surface area contributed by atoms with Crippen molar-refractivity contribution in [1.82, 2.24) is 15.0 Å². The summed E-state index contributed by atoms with van der Waals surface area (Å²) in [5.74, 6) is 1.63. The zero-order valence-corrected chi connectivity index (χ0v) is 21.6. The molecule has 0 bridgehead atoms. The number of carbonyl (C=O) groups excluding carboxylic acids is 1. The normalized spacial score (nSPS) is 11.1. The van der Waals surface area contributed by atoms with Gasteiger partial charge in [0.1, 0.15) is 12.4 Å². The number of carbonyl (C=O) groups is 1. The highest BCUT2D eigenvalue weighted by Crippen LogP contribution is 2.29. The topological polar surface area (TPSA) is 80.5 Å². The molecule has 0 radical (unpaired) electrons.